The zero-order chi connectivity index (χ0) is 20.1. The lowest BCUT2D eigenvalue weighted by molar-refractivity contribution is -0.132. The van der Waals surface area contributed by atoms with E-state index >= 15 is 0 Å². The molecule has 7 nitrogen and oxygen atoms in total. The number of carbonyl (C=O) groups excluding carboxylic acids is 2. The SMILES string of the molecule is CCN(CC(=O)NC(C)C)C(=O)/C=C/c1cc(C)n(-c2cc(C)on2)c1C. The van der Waals surface area contributed by atoms with Crippen LogP contribution in [-0.4, -0.2) is 45.6 Å². The Morgan fingerprint density at radius 2 is 2.00 bits per heavy atom. The third-order valence-corrected chi connectivity index (χ3v) is 4.20. The molecule has 2 aromatic heterocycles. The van der Waals surface area contributed by atoms with Crippen molar-refractivity contribution in [2.75, 3.05) is 13.1 Å². The molecule has 0 saturated heterocycles. The van der Waals surface area contributed by atoms with Gasteiger partial charge < -0.3 is 14.7 Å². The smallest absolute Gasteiger partial charge is 0.247 e. The predicted molar refractivity (Wildman–Crippen MR) is 105 cm³/mol. The number of aromatic nitrogens is 2. The lowest BCUT2D eigenvalue weighted by Gasteiger charge is -2.19. The van der Waals surface area contributed by atoms with E-state index in [1.54, 1.807) is 6.08 Å². The quantitative estimate of drug-likeness (QED) is 0.758. The molecule has 7 heteroatoms. The van der Waals surface area contributed by atoms with Crippen molar-refractivity contribution in [1.82, 2.24) is 19.9 Å². The van der Waals surface area contributed by atoms with Crippen LogP contribution < -0.4 is 5.32 Å². The Balaban J connectivity index is 2.15. The second-order valence-corrected chi connectivity index (χ2v) is 6.87. The van der Waals surface area contributed by atoms with Gasteiger partial charge in [-0.05, 0) is 59.2 Å². The summed E-state index contributed by atoms with van der Waals surface area (Å²) in [4.78, 5) is 25.9. The number of hydrogen-bond donors (Lipinski definition) is 1. The summed E-state index contributed by atoms with van der Waals surface area (Å²) in [5, 5.41) is 6.86. The van der Waals surface area contributed by atoms with Gasteiger partial charge in [-0.15, -0.1) is 0 Å². The number of likely N-dealkylation sites (N-methyl/N-ethyl adjacent to an activating group) is 1. The predicted octanol–water partition coefficient (Wildman–Crippen LogP) is 2.78. The highest BCUT2D eigenvalue weighted by Crippen LogP contribution is 2.21. The molecule has 0 aliphatic carbocycles. The van der Waals surface area contributed by atoms with Crippen LogP contribution in [0.15, 0.2) is 22.7 Å². The summed E-state index contributed by atoms with van der Waals surface area (Å²) in [6, 6.07) is 3.91. The van der Waals surface area contributed by atoms with Gasteiger partial charge in [0.1, 0.15) is 5.76 Å². The highest BCUT2D eigenvalue weighted by atomic mass is 16.5. The van der Waals surface area contributed by atoms with Gasteiger partial charge in [0, 0.05) is 36.1 Å². The topological polar surface area (TPSA) is 80.4 Å². The van der Waals surface area contributed by atoms with Gasteiger partial charge in [0.05, 0.1) is 6.54 Å². The van der Waals surface area contributed by atoms with Crippen LogP contribution in [0.3, 0.4) is 0 Å². The first-order valence-corrected chi connectivity index (χ1v) is 9.11. The van der Waals surface area contributed by atoms with E-state index in [1.807, 2.05) is 58.2 Å². The number of nitrogens with one attached hydrogen (secondary N) is 1. The van der Waals surface area contributed by atoms with Gasteiger partial charge in [0.15, 0.2) is 5.82 Å². The highest BCUT2D eigenvalue weighted by Gasteiger charge is 2.15. The standard InChI is InChI=1S/C20H28N4O3/c1-7-23(12-19(25)21-13(2)3)20(26)9-8-17-10-14(4)24(16(17)6)18-11-15(5)27-22-18/h8-11,13H,7,12H2,1-6H3,(H,21,25)/b9-8+. The summed E-state index contributed by atoms with van der Waals surface area (Å²) < 4.78 is 7.14. The minimum atomic E-state index is -0.196. The monoisotopic (exact) mass is 372 g/mol. The molecule has 0 aliphatic rings. The van der Waals surface area contributed by atoms with E-state index in [0.29, 0.717) is 12.4 Å². The largest absolute Gasteiger partial charge is 0.360 e. The van der Waals surface area contributed by atoms with E-state index < -0.39 is 0 Å². The first-order valence-electron chi connectivity index (χ1n) is 9.11. The Hall–Kier alpha value is -2.83. The second kappa shape index (κ2) is 8.70. The molecule has 0 radical (unpaired) electrons. The summed E-state index contributed by atoms with van der Waals surface area (Å²) >= 11 is 0. The highest BCUT2D eigenvalue weighted by molar-refractivity contribution is 5.94. The van der Waals surface area contributed by atoms with Gasteiger partial charge in [-0.3, -0.25) is 14.2 Å². The molecule has 0 aromatic carbocycles. The van der Waals surface area contributed by atoms with E-state index in [9.17, 15) is 9.59 Å². The van der Waals surface area contributed by atoms with E-state index in [2.05, 4.69) is 10.5 Å². The van der Waals surface area contributed by atoms with Crippen molar-refractivity contribution < 1.29 is 14.1 Å². The molecular weight excluding hydrogens is 344 g/mol. The zero-order valence-corrected chi connectivity index (χ0v) is 16.9. The Morgan fingerprint density at radius 3 is 2.56 bits per heavy atom. The number of nitrogens with zero attached hydrogens (tertiary/aromatic N) is 3. The fourth-order valence-corrected chi connectivity index (χ4v) is 2.92. The summed E-state index contributed by atoms with van der Waals surface area (Å²) in [7, 11) is 0. The van der Waals surface area contributed by atoms with Gasteiger partial charge in [-0.2, -0.15) is 0 Å². The third-order valence-electron chi connectivity index (χ3n) is 4.20. The Bertz CT molecular complexity index is 846. The second-order valence-electron chi connectivity index (χ2n) is 6.87. The molecular formula is C20H28N4O3. The average molecular weight is 372 g/mol. The van der Waals surface area contributed by atoms with Gasteiger partial charge >= 0.3 is 0 Å². The third kappa shape index (κ3) is 5.09. The van der Waals surface area contributed by atoms with Gasteiger partial charge in [0.2, 0.25) is 11.8 Å². The van der Waals surface area contributed by atoms with Crippen LogP contribution in [0.1, 0.15) is 43.5 Å². The first kappa shape index (κ1) is 20.5. The maximum Gasteiger partial charge on any atom is 0.247 e. The van der Waals surface area contributed by atoms with Crippen LogP contribution >= 0.6 is 0 Å². The van der Waals surface area contributed by atoms with Crippen molar-refractivity contribution in [3.63, 3.8) is 0 Å². The van der Waals surface area contributed by atoms with Crippen LogP contribution in [0.4, 0.5) is 0 Å². The fourth-order valence-electron chi connectivity index (χ4n) is 2.92. The van der Waals surface area contributed by atoms with Crippen molar-refractivity contribution in [1.29, 1.82) is 0 Å². The van der Waals surface area contributed by atoms with E-state index in [4.69, 9.17) is 4.52 Å². The molecule has 0 saturated carbocycles. The van der Waals surface area contributed by atoms with E-state index in [1.165, 1.54) is 11.0 Å². The minimum absolute atomic E-state index is 0.0485. The molecule has 2 rings (SSSR count). The van der Waals surface area contributed by atoms with Crippen LogP contribution in [0, 0.1) is 20.8 Å². The number of rotatable bonds is 7. The summed E-state index contributed by atoms with van der Waals surface area (Å²) in [5.41, 5.74) is 2.88. The molecule has 0 aliphatic heterocycles. The molecule has 0 spiro atoms. The number of hydrogen-bond acceptors (Lipinski definition) is 4. The van der Waals surface area contributed by atoms with Crippen molar-refractivity contribution in [3.05, 3.63) is 40.9 Å². The van der Waals surface area contributed by atoms with Crippen molar-refractivity contribution in [3.8, 4) is 5.82 Å². The van der Waals surface area contributed by atoms with Crippen LogP contribution in [0.2, 0.25) is 0 Å². The fraction of sp³-hybridized carbons (Fsp3) is 0.450. The number of carbonyl (C=O) groups is 2. The maximum atomic E-state index is 12.5. The molecule has 2 heterocycles. The average Bonchev–Trinajstić information content (AvgIpc) is 3.12. The lowest BCUT2D eigenvalue weighted by Crippen LogP contribution is -2.42. The van der Waals surface area contributed by atoms with E-state index in [-0.39, 0.29) is 24.4 Å². The van der Waals surface area contributed by atoms with E-state index in [0.717, 1.165) is 22.7 Å². The molecule has 1 N–H and O–H groups in total. The zero-order valence-electron chi connectivity index (χ0n) is 16.9. The van der Waals surface area contributed by atoms with Crippen LogP contribution in [-0.2, 0) is 9.59 Å². The van der Waals surface area contributed by atoms with Gasteiger partial charge in [-0.25, -0.2) is 0 Å². The Kier molecular flexibility index (Phi) is 6.60. The Morgan fingerprint density at radius 1 is 1.30 bits per heavy atom. The molecule has 0 bridgehead atoms. The molecule has 2 amide bonds. The Labute approximate surface area is 160 Å². The van der Waals surface area contributed by atoms with Crippen molar-refractivity contribution in [2.24, 2.45) is 0 Å². The number of aryl methyl sites for hydroxylation is 2. The summed E-state index contributed by atoms with van der Waals surface area (Å²) in [6.07, 6.45) is 3.28. The molecule has 0 fully saturated rings. The first-order chi connectivity index (χ1) is 12.7. The normalized spacial score (nSPS) is 11.4. The molecule has 0 atom stereocenters. The van der Waals surface area contributed by atoms with Crippen molar-refractivity contribution in [2.45, 2.75) is 47.6 Å². The molecule has 0 unspecified atom stereocenters. The number of amides is 2. The van der Waals surface area contributed by atoms with Gasteiger partial charge in [-0.1, -0.05) is 5.16 Å². The minimum Gasteiger partial charge on any atom is -0.360 e. The van der Waals surface area contributed by atoms with Gasteiger partial charge in [0.25, 0.3) is 0 Å². The summed E-state index contributed by atoms with van der Waals surface area (Å²) in [6.45, 7) is 11.9. The molecule has 2 aromatic rings. The van der Waals surface area contributed by atoms with Crippen molar-refractivity contribution >= 4 is 17.9 Å². The van der Waals surface area contributed by atoms with Crippen LogP contribution in [0.5, 0.6) is 0 Å². The van der Waals surface area contributed by atoms with Crippen LogP contribution in [0.25, 0.3) is 11.9 Å². The summed E-state index contributed by atoms with van der Waals surface area (Å²) in [5.74, 6) is 1.10. The molecule has 27 heavy (non-hydrogen) atoms. The molecule has 146 valence electrons. The lowest BCUT2D eigenvalue weighted by atomic mass is 10.2. The maximum absolute atomic E-state index is 12.5.